The molecule has 0 atom stereocenters. The lowest BCUT2D eigenvalue weighted by Gasteiger charge is -2.38. The van der Waals surface area contributed by atoms with E-state index in [2.05, 4.69) is 44.5 Å². The van der Waals surface area contributed by atoms with Gasteiger partial charge in [0.05, 0.1) is 16.6 Å². The van der Waals surface area contributed by atoms with Gasteiger partial charge in [-0.15, -0.1) is 0 Å². The number of nitrogens with zero attached hydrogens (tertiary/aromatic N) is 5. The predicted octanol–water partition coefficient (Wildman–Crippen LogP) is 4.83. The van der Waals surface area contributed by atoms with Crippen molar-refractivity contribution < 1.29 is 0 Å². The van der Waals surface area contributed by atoms with Gasteiger partial charge in [-0.25, -0.2) is 4.98 Å². The number of hydrogen-bond donors (Lipinski definition) is 0. The Bertz CT molecular complexity index is 1340. The fourth-order valence-corrected chi connectivity index (χ4v) is 5.35. The van der Waals surface area contributed by atoms with Crippen LogP contribution < -0.4 is 9.80 Å². The third kappa shape index (κ3) is 2.86. The third-order valence-corrected chi connectivity index (χ3v) is 6.92. The molecular weight excluding hydrogens is 406 g/mol. The van der Waals surface area contributed by atoms with Gasteiger partial charge < -0.3 is 9.80 Å². The zero-order valence-electron chi connectivity index (χ0n) is 17.2. The molecule has 0 radical (unpaired) electrons. The standard InChI is InChI=1S/C25H22ClN5/c26-17-8-10-18(11-9-17)29-12-14-30(15-13-29)25-20-5-3-4-19(20)21(16-27)24-28-22-6-1-2-7-23(22)31(24)25/h1-2,6-11H,3-5,12-15H2. The van der Waals surface area contributed by atoms with E-state index in [1.54, 1.807) is 0 Å². The number of anilines is 2. The Hall–Kier alpha value is -3.23. The van der Waals surface area contributed by atoms with Gasteiger partial charge >= 0.3 is 0 Å². The summed E-state index contributed by atoms with van der Waals surface area (Å²) in [5.41, 5.74) is 7.36. The summed E-state index contributed by atoms with van der Waals surface area (Å²) in [6.07, 6.45) is 3.10. The van der Waals surface area contributed by atoms with E-state index >= 15 is 0 Å². The van der Waals surface area contributed by atoms with Gasteiger partial charge in [-0.05, 0) is 66.8 Å². The summed E-state index contributed by atoms with van der Waals surface area (Å²) in [6, 6.07) is 18.8. The van der Waals surface area contributed by atoms with E-state index in [4.69, 9.17) is 16.6 Å². The molecule has 2 aromatic heterocycles. The Kier molecular flexibility index (Phi) is 4.29. The molecule has 0 N–H and O–H groups in total. The first-order valence-electron chi connectivity index (χ1n) is 10.8. The number of aromatic nitrogens is 2. The smallest absolute Gasteiger partial charge is 0.157 e. The van der Waals surface area contributed by atoms with Gasteiger partial charge in [0.25, 0.3) is 0 Å². The highest BCUT2D eigenvalue weighted by Gasteiger charge is 2.30. The van der Waals surface area contributed by atoms with Crippen molar-refractivity contribution in [2.75, 3.05) is 36.0 Å². The quantitative estimate of drug-likeness (QED) is 0.459. The second kappa shape index (κ2) is 7.18. The Morgan fingerprint density at radius 2 is 1.58 bits per heavy atom. The van der Waals surface area contributed by atoms with Gasteiger partial charge in [0, 0.05) is 36.9 Å². The van der Waals surface area contributed by atoms with Crippen molar-refractivity contribution in [2.24, 2.45) is 0 Å². The molecule has 2 aromatic carbocycles. The average Bonchev–Trinajstić information content (AvgIpc) is 3.43. The lowest BCUT2D eigenvalue weighted by molar-refractivity contribution is 0.643. The Balaban J connectivity index is 1.46. The number of benzene rings is 2. The van der Waals surface area contributed by atoms with Gasteiger partial charge in [0.2, 0.25) is 0 Å². The maximum Gasteiger partial charge on any atom is 0.157 e. The monoisotopic (exact) mass is 427 g/mol. The number of halogens is 1. The van der Waals surface area contributed by atoms with Crippen molar-refractivity contribution in [3.8, 4) is 6.07 Å². The molecule has 2 aliphatic rings. The minimum absolute atomic E-state index is 0.757. The maximum atomic E-state index is 9.97. The highest BCUT2D eigenvalue weighted by atomic mass is 35.5. The normalized spacial score (nSPS) is 16.1. The molecule has 3 heterocycles. The molecule has 0 bridgehead atoms. The van der Waals surface area contributed by atoms with Crippen LogP contribution in [0.15, 0.2) is 48.5 Å². The fourth-order valence-electron chi connectivity index (χ4n) is 5.22. The number of nitriles is 1. The molecule has 6 heteroatoms. The van der Waals surface area contributed by atoms with Crippen LogP contribution in [0.5, 0.6) is 0 Å². The number of para-hydroxylation sites is 2. The minimum Gasteiger partial charge on any atom is -0.368 e. The molecule has 0 amide bonds. The van der Waals surface area contributed by atoms with Crippen LogP contribution in [0.1, 0.15) is 23.1 Å². The van der Waals surface area contributed by atoms with E-state index in [-0.39, 0.29) is 0 Å². The Labute approximate surface area is 186 Å². The summed E-state index contributed by atoms with van der Waals surface area (Å²) >= 11 is 6.07. The number of piperazine rings is 1. The van der Waals surface area contributed by atoms with Crippen LogP contribution in [0.2, 0.25) is 5.02 Å². The Morgan fingerprint density at radius 3 is 2.35 bits per heavy atom. The van der Waals surface area contributed by atoms with Crippen LogP contribution >= 0.6 is 11.6 Å². The van der Waals surface area contributed by atoms with Crippen LogP contribution in [-0.2, 0) is 12.8 Å². The lowest BCUT2D eigenvalue weighted by Crippen LogP contribution is -2.47. The first-order chi connectivity index (χ1) is 15.2. The molecule has 1 aliphatic heterocycles. The summed E-state index contributed by atoms with van der Waals surface area (Å²) in [4.78, 5) is 9.80. The average molecular weight is 428 g/mol. The van der Waals surface area contributed by atoms with Gasteiger partial charge in [-0.3, -0.25) is 4.40 Å². The van der Waals surface area contributed by atoms with Crippen molar-refractivity contribution >= 4 is 39.8 Å². The SMILES string of the molecule is N#Cc1c2c(c(N3CCN(c4ccc(Cl)cc4)CC3)n3c1nc1ccccc13)CCC2. The van der Waals surface area contributed by atoms with Crippen LogP contribution in [0.25, 0.3) is 16.7 Å². The number of fused-ring (bicyclic) bond motifs is 4. The first kappa shape index (κ1) is 18.5. The zero-order valence-corrected chi connectivity index (χ0v) is 17.9. The molecule has 0 saturated carbocycles. The van der Waals surface area contributed by atoms with Gasteiger partial charge in [-0.2, -0.15) is 5.26 Å². The summed E-state index contributed by atoms with van der Waals surface area (Å²) in [5, 5.41) is 10.7. The van der Waals surface area contributed by atoms with E-state index in [9.17, 15) is 5.26 Å². The van der Waals surface area contributed by atoms with Gasteiger partial charge in [0.1, 0.15) is 11.9 Å². The van der Waals surface area contributed by atoms with Gasteiger partial charge in [-0.1, -0.05) is 23.7 Å². The van der Waals surface area contributed by atoms with E-state index in [0.717, 1.165) is 72.7 Å². The van der Waals surface area contributed by atoms with Crippen LogP contribution in [0, 0.1) is 11.3 Å². The summed E-state index contributed by atoms with van der Waals surface area (Å²) in [5.74, 6) is 1.24. The van der Waals surface area contributed by atoms with E-state index in [1.165, 1.54) is 22.6 Å². The van der Waals surface area contributed by atoms with Crippen molar-refractivity contribution in [3.63, 3.8) is 0 Å². The molecule has 154 valence electrons. The summed E-state index contributed by atoms with van der Waals surface area (Å²) in [6.45, 7) is 3.76. The predicted molar refractivity (Wildman–Crippen MR) is 125 cm³/mol. The summed E-state index contributed by atoms with van der Waals surface area (Å²) in [7, 11) is 0. The van der Waals surface area contributed by atoms with Crippen LogP contribution in [0.4, 0.5) is 11.5 Å². The van der Waals surface area contributed by atoms with Crippen molar-refractivity contribution in [3.05, 3.63) is 70.2 Å². The zero-order chi connectivity index (χ0) is 20.9. The minimum atomic E-state index is 0.757. The van der Waals surface area contributed by atoms with E-state index in [0.29, 0.717) is 0 Å². The number of pyridine rings is 1. The highest BCUT2D eigenvalue weighted by Crippen LogP contribution is 2.38. The highest BCUT2D eigenvalue weighted by molar-refractivity contribution is 6.30. The molecule has 0 spiro atoms. The first-order valence-corrected chi connectivity index (χ1v) is 11.2. The largest absolute Gasteiger partial charge is 0.368 e. The van der Waals surface area contributed by atoms with E-state index < -0.39 is 0 Å². The van der Waals surface area contributed by atoms with E-state index in [1.807, 2.05) is 24.3 Å². The molecule has 0 unspecified atom stereocenters. The number of imidazole rings is 1. The second-order valence-electron chi connectivity index (χ2n) is 8.33. The van der Waals surface area contributed by atoms with Crippen LogP contribution in [-0.4, -0.2) is 35.6 Å². The molecule has 4 aromatic rings. The molecule has 1 fully saturated rings. The molecule has 1 aliphatic carbocycles. The molecule has 1 saturated heterocycles. The van der Waals surface area contributed by atoms with Crippen molar-refractivity contribution in [1.82, 2.24) is 9.38 Å². The van der Waals surface area contributed by atoms with Gasteiger partial charge in [0.15, 0.2) is 5.65 Å². The number of rotatable bonds is 2. The molecule has 31 heavy (non-hydrogen) atoms. The molecule has 6 rings (SSSR count). The topological polar surface area (TPSA) is 47.6 Å². The number of hydrogen-bond acceptors (Lipinski definition) is 4. The summed E-state index contributed by atoms with van der Waals surface area (Å²) < 4.78 is 2.25. The second-order valence-corrected chi connectivity index (χ2v) is 8.77. The molecule has 5 nitrogen and oxygen atoms in total. The Morgan fingerprint density at radius 1 is 0.871 bits per heavy atom. The van der Waals surface area contributed by atoms with Crippen molar-refractivity contribution in [2.45, 2.75) is 19.3 Å². The molecular formula is C25H22ClN5. The van der Waals surface area contributed by atoms with Crippen LogP contribution in [0.3, 0.4) is 0 Å². The maximum absolute atomic E-state index is 9.97. The lowest BCUT2D eigenvalue weighted by atomic mass is 10.0. The third-order valence-electron chi connectivity index (χ3n) is 6.67. The fraction of sp³-hybridized carbons (Fsp3) is 0.280. The van der Waals surface area contributed by atoms with Crippen molar-refractivity contribution in [1.29, 1.82) is 5.26 Å².